The summed E-state index contributed by atoms with van der Waals surface area (Å²) < 4.78 is 11.3. The maximum Gasteiger partial charge on any atom is 0.296 e. The average Bonchev–Trinajstić information content (AvgIpc) is 2.75. The van der Waals surface area contributed by atoms with E-state index in [4.69, 9.17) is 9.47 Å². The Morgan fingerprint density at radius 1 is 1.09 bits per heavy atom. The van der Waals surface area contributed by atoms with Crippen molar-refractivity contribution in [3.63, 3.8) is 0 Å². The van der Waals surface area contributed by atoms with E-state index in [0.29, 0.717) is 36.3 Å². The van der Waals surface area contributed by atoms with Crippen molar-refractivity contribution in [2.45, 2.75) is 58.5 Å². The quantitative estimate of drug-likeness (QED) is 0.205. The Kier molecular flexibility index (Phi) is 9.70. The zero-order valence-corrected chi connectivity index (χ0v) is 20.0. The molecule has 0 aliphatic carbocycles. The van der Waals surface area contributed by atoms with Crippen molar-refractivity contribution >= 4 is 29.0 Å². The number of hydrogen-bond acceptors (Lipinski definition) is 8. The Labute approximate surface area is 192 Å². The summed E-state index contributed by atoms with van der Waals surface area (Å²) in [6.45, 7) is 8.51. The molecule has 0 saturated heterocycles. The number of rotatable bonds is 12. The monoisotopic (exact) mass is 462 g/mol. The zero-order chi connectivity index (χ0) is 23.7. The second-order valence-electron chi connectivity index (χ2n) is 7.18. The third-order valence-corrected chi connectivity index (χ3v) is 5.19. The Bertz CT molecular complexity index is 945. The first-order valence-corrected chi connectivity index (χ1v) is 11.8. The number of anilines is 1. The topological polar surface area (TPSA) is 116 Å². The molecule has 0 atom stereocenters. The summed E-state index contributed by atoms with van der Waals surface area (Å²) in [7, 11) is 0. The van der Waals surface area contributed by atoms with E-state index >= 15 is 0 Å². The van der Waals surface area contributed by atoms with Gasteiger partial charge < -0.3 is 14.8 Å². The van der Waals surface area contributed by atoms with Gasteiger partial charge in [0, 0.05) is 23.9 Å². The van der Waals surface area contributed by atoms with E-state index in [-0.39, 0.29) is 23.7 Å². The van der Waals surface area contributed by atoms with E-state index < -0.39 is 4.92 Å². The molecule has 0 radical (unpaired) electrons. The van der Waals surface area contributed by atoms with Crippen LogP contribution in [0.15, 0.2) is 17.3 Å². The summed E-state index contributed by atoms with van der Waals surface area (Å²) in [6.07, 6.45) is 4.00. The highest BCUT2D eigenvalue weighted by atomic mass is 32.2. The number of nitrogens with one attached hydrogen (secondary N) is 1. The fourth-order valence-electron chi connectivity index (χ4n) is 3.06. The first-order valence-electron chi connectivity index (χ1n) is 10.6. The molecule has 1 aromatic carbocycles. The molecular formula is C22H30N4O5S. The predicted molar refractivity (Wildman–Crippen MR) is 125 cm³/mol. The highest BCUT2D eigenvalue weighted by Gasteiger charge is 2.22. The fraction of sp³-hybridized carbons (Fsp3) is 0.500. The van der Waals surface area contributed by atoms with Gasteiger partial charge in [-0.2, -0.15) is 0 Å². The minimum absolute atomic E-state index is 0.0809. The Morgan fingerprint density at radius 2 is 1.66 bits per heavy atom. The van der Waals surface area contributed by atoms with Crippen LogP contribution in [-0.2, 0) is 11.2 Å². The molecule has 1 aromatic heterocycles. The minimum atomic E-state index is -0.540. The lowest BCUT2D eigenvalue weighted by Crippen LogP contribution is -2.15. The number of aryl methyl sites for hydroxylation is 2. The van der Waals surface area contributed by atoms with Crippen molar-refractivity contribution < 1.29 is 19.2 Å². The molecule has 174 valence electrons. The normalized spacial score (nSPS) is 10.7. The molecule has 1 heterocycles. The number of ether oxygens (including phenoxy) is 2. The van der Waals surface area contributed by atoms with Gasteiger partial charge in [0.25, 0.3) is 5.69 Å². The van der Waals surface area contributed by atoms with Crippen LogP contribution >= 0.6 is 11.8 Å². The molecule has 2 rings (SSSR count). The average molecular weight is 463 g/mol. The Morgan fingerprint density at radius 3 is 2.16 bits per heavy atom. The summed E-state index contributed by atoms with van der Waals surface area (Å²) >= 11 is 1.46. The number of nitro groups is 1. The number of hydrogen-bond donors (Lipinski definition) is 1. The molecule has 32 heavy (non-hydrogen) atoms. The number of carbonyl (C=O) groups excluding carboxylic acids is 1. The van der Waals surface area contributed by atoms with Gasteiger partial charge in [-0.15, -0.1) is 0 Å². The van der Waals surface area contributed by atoms with Crippen LogP contribution in [-0.4, -0.2) is 40.3 Å². The van der Waals surface area contributed by atoms with Crippen molar-refractivity contribution in [1.29, 1.82) is 0 Å². The molecule has 10 heteroatoms. The van der Waals surface area contributed by atoms with Gasteiger partial charge in [0.15, 0.2) is 16.7 Å². The molecule has 0 fully saturated rings. The van der Waals surface area contributed by atoms with Crippen molar-refractivity contribution in [2.24, 2.45) is 0 Å². The van der Waals surface area contributed by atoms with Gasteiger partial charge in [-0.25, -0.2) is 9.97 Å². The minimum Gasteiger partial charge on any atom is -0.490 e. The number of amides is 1. The maximum atomic E-state index is 12.6. The molecule has 1 N–H and O–H groups in total. The van der Waals surface area contributed by atoms with Crippen LogP contribution in [0, 0.1) is 24.0 Å². The van der Waals surface area contributed by atoms with Gasteiger partial charge in [-0.05, 0) is 44.9 Å². The molecule has 0 bridgehead atoms. The zero-order valence-electron chi connectivity index (χ0n) is 19.2. The third kappa shape index (κ3) is 6.81. The van der Waals surface area contributed by atoms with Crippen molar-refractivity contribution in [1.82, 2.24) is 9.97 Å². The summed E-state index contributed by atoms with van der Waals surface area (Å²) in [5.74, 6) is 0.320. The van der Waals surface area contributed by atoms with E-state index in [0.717, 1.165) is 29.8 Å². The lowest BCUT2D eigenvalue weighted by atomic mass is 10.1. The van der Waals surface area contributed by atoms with Crippen LogP contribution < -0.4 is 14.8 Å². The molecule has 1 amide bonds. The van der Waals surface area contributed by atoms with E-state index in [9.17, 15) is 14.9 Å². The van der Waals surface area contributed by atoms with Gasteiger partial charge in [0.05, 0.1) is 24.2 Å². The summed E-state index contributed by atoms with van der Waals surface area (Å²) in [5.41, 5.74) is 2.40. The Hall–Kier alpha value is -2.88. The van der Waals surface area contributed by atoms with Crippen molar-refractivity contribution in [3.8, 4) is 11.5 Å². The molecule has 0 aliphatic rings. The van der Waals surface area contributed by atoms with E-state index in [1.807, 2.05) is 34.0 Å². The van der Waals surface area contributed by atoms with Gasteiger partial charge in [-0.3, -0.25) is 14.9 Å². The summed E-state index contributed by atoms with van der Waals surface area (Å²) in [5, 5.41) is 15.0. The fourth-order valence-corrected chi connectivity index (χ4v) is 3.52. The molecular weight excluding hydrogens is 432 g/mol. The second kappa shape index (κ2) is 12.2. The molecule has 0 spiro atoms. The molecule has 0 saturated carbocycles. The number of nitro benzene ring substituents is 1. The standard InChI is InChI=1S/C22H30N4O5S/c1-6-10-30-19-12-17(18(26(28)29)13-20(19)31-11-7-2)25-21(27)9-8-16-14(3)23-22(32-5)24-15(16)4/h12-13H,6-11H2,1-5H3,(H,25,27). The maximum absolute atomic E-state index is 12.6. The lowest BCUT2D eigenvalue weighted by molar-refractivity contribution is -0.384. The van der Waals surface area contributed by atoms with Gasteiger partial charge in [0.1, 0.15) is 5.69 Å². The van der Waals surface area contributed by atoms with Gasteiger partial charge >= 0.3 is 0 Å². The molecule has 0 unspecified atom stereocenters. The number of carbonyl (C=O) groups is 1. The van der Waals surface area contributed by atoms with Crippen LogP contribution in [0.3, 0.4) is 0 Å². The predicted octanol–water partition coefficient (Wildman–Crippen LogP) is 4.87. The van der Waals surface area contributed by atoms with E-state index in [1.165, 1.54) is 23.9 Å². The van der Waals surface area contributed by atoms with E-state index in [2.05, 4.69) is 15.3 Å². The van der Waals surface area contributed by atoms with Crippen LogP contribution in [0.4, 0.5) is 11.4 Å². The smallest absolute Gasteiger partial charge is 0.296 e. The van der Waals surface area contributed by atoms with Crippen molar-refractivity contribution in [2.75, 3.05) is 24.8 Å². The first-order chi connectivity index (χ1) is 15.3. The van der Waals surface area contributed by atoms with Crippen LogP contribution in [0.25, 0.3) is 0 Å². The summed E-state index contributed by atoms with van der Waals surface area (Å²) in [4.78, 5) is 32.6. The number of thioether (sulfide) groups is 1. The largest absolute Gasteiger partial charge is 0.490 e. The lowest BCUT2D eigenvalue weighted by Gasteiger charge is -2.15. The number of benzene rings is 1. The van der Waals surface area contributed by atoms with Crippen LogP contribution in [0.5, 0.6) is 11.5 Å². The van der Waals surface area contributed by atoms with Crippen LogP contribution in [0.1, 0.15) is 50.1 Å². The summed E-state index contributed by atoms with van der Waals surface area (Å²) in [6, 6.07) is 2.77. The van der Waals surface area contributed by atoms with E-state index in [1.54, 1.807) is 0 Å². The molecule has 0 aliphatic heterocycles. The molecule has 2 aromatic rings. The van der Waals surface area contributed by atoms with Gasteiger partial charge in [-0.1, -0.05) is 25.6 Å². The highest BCUT2D eigenvalue weighted by molar-refractivity contribution is 7.98. The molecule has 9 nitrogen and oxygen atoms in total. The first kappa shape index (κ1) is 25.4. The second-order valence-corrected chi connectivity index (χ2v) is 7.95. The SMILES string of the molecule is CCCOc1cc(NC(=O)CCc2c(C)nc(SC)nc2C)c([N+](=O)[O-])cc1OCCC. The number of aromatic nitrogens is 2. The Balaban J connectivity index is 2.22. The highest BCUT2D eigenvalue weighted by Crippen LogP contribution is 2.38. The number of nitrogens with zero attached hydrogens (tertiary/aromatic N) is 3. The van der Waals surface area contributed by atoms with Gasteiger partial charge in [0.2, 0.25) is 5.91 Å². The third-order valence-electron chi connectivity index (χ3n) is 4.64. The van der Waals surface area contributed by atoms with Crippen molar-refractivity contribution in [3.05, 3.63) is 39.2 Å². The van der Waals surface area contributed by atoms with Crippen LogP contribution in [0.2, 0.25) is 0 Å².